The molecule has 2 N–H and O–H groups in total. The molecular weight excluding hydrogens is 372 g/mol. The number of nitrogens with one attached hydrogen (secondary N) is 2. The maximum Gasteiger partial charge on any atom is 0.325 e. The zero-order chi connectivity index (χ0) is 20.4. The summed E-state index contributed by atoms with van der Waals surface area (Å²) in [5.74, 6) is -0.0802. The number of carbonyl (C=O) groups is 4. The van der Waals surface area contributed by atoms with Gasteiger partial charge in [-0.25, -0.2) is 0 Å². The number of hydrogen-bond donors (Lipinski definition) is 2. The molecule has 1 aromatic rings. The van der Waals surface area contributed by atoms with Crippen LogP contribution in [0.5, 0.6) is 0 Å². The maximum atomic E-state index is 12.8. The van der Waals surface area contributed by atoms with Crippen LogP contribution in [-0.2, 0) is 19.1 Å². The summed E-state index contributed by atoms with van der Waals surface area (Å²) >= 11 is 0. The molecule has 4 fully saturated rings. The van der Waals surface area contributed by atoms with Crippen molar-refractivity contribution in [1.29, 1.82) is 0 Å². The third-order valence-corrected chi connectivity index (χ3v) is 6.57. The van der Waals surface area contributed by atoms with E-state index in [0.717, 1.165) is 19.3 Å². The molecule has 0 aliphatic heterocycles. The van der Waals surface area contributed by atoms with Crippen molar-refractivity contribution in [3.05, 3.63) is 35.9 Å². The Hall–Kier alpha value is -2.70. The van der Waals surface area contributed by atoms with Crippen LogP contribution in [-0.4, -0.2) is 36.8 Å². The van der Waals surface area contributed by atoms with Crippen molar-refractivity contribution in [2.24, 2.45) is 23.2 Å². The van der Waals surface area contributed by atoms with Crippen LogP contribution in [0.4, 0.5) is 0 Å². The number of benzene rings is 1. The van der Waals surface area contributed by atoms with E-state index in [1.807, 2.05) is 0 Å². The molecule has 4 bridgehead atoms. The molecule has 0 heterocycles. The first kappa shape index (κ1) is 19.6. The Balaban J connectivity index is 1.20. The van der Waals surface area contributed by atoms with E-state index in [4.69, 9.17) is 4.74 Å². The van der Waals surface area contributed by atoms with E-state index in [9.17, 15) is 19.2 Å². The number of ether oxygens (including phenoxy) is 1. The number of carbonyl (C=O) groups excluding carboxylic acids is 4. The zero-order valence-electron chi connectivity index (χ0n) is 16.3. The summed E-state index contributed by atoms with van der Waals surface area (Å²) in [6, 6.07) is 8.29. The summed E-state index contributed by atoms with van der Waals surface area (Å²) < 4.78 is 4.89. The van der Waals surface area contributed by atoms with Crippen LogP contribution in [0.25, 0.3) is 0 Å². The standard InChI is InChI=1S/C22H26N2O5/c25-18(24-20(27)17-4-2-1-3-5-17)13-29-19(26)12-23-21(28)22-9-14-6-15(10-22)8-16(7-14)11-22/h1-5,14-16H,6-13H2,(H,23,28)(H,24,25,27). The molecule has 5 rings (SSSR count). The van der Waals surface area contributed by atoms with E-state index in [1.54, 1.807) is 30.3 Å². The van der Waals surface area contributed by atoms with E-state index in [0.29, 0.717) is 23.3 Å². The second-order valence-electron chi connectivity index (χ2n) is 8.78. The van der Waals surface area contributed by atoms with Gasteiger partial charge >= 0.3 is 5.97 Å². The minimum absolute atomic E-state index is 0.0581. The van der Waals surface area contributed by atoms with Gasteiger partial charge in [-0.15, -0.1) is 0 Å². The molecule has 1 aromatic carbocycles. The van der Waals surface area contributed by atoms with Crippen LogP contribution in [0, 0.1) is 23.2 Å². The molecule has 4 saturated carbocycles. The van der Waals surface area contributed by atoms with Gasteiger partial charge in [0.15, 0.2) is 6.61 Å². The highest BCUT2D eigenvalue weighted by Crippen LogP contribution is 2.60. The molecule has 7 nitrogen and oxygen atoms in total. The van der Waals surface area contributed by atoms with Crippen LogP contribution >= 0.6 is 0 Å². The van der Waals surface area contributed by atoms with E-state index >= 15 is 0 Å². The second-order valence-corrected chi connectivity index (χ2v) is 8.78. The van der Waals surface area contributed by atoms with Crippen molar-refractivity contribution in [3.63, 3.8) is 0 Å². The summed E-state index contributed by atoms with van der Waals surface area (Å²) in [5, 5.41) is 4.88. The number of amides is 3. The Morgan fingerprint density at radius 2 is 1.52 bits per heavy atom. The lowest BCUT2D eigenvalue weighted by Crippen LogP contribution is -2.54. The van der Waals surface area contributed by atoms with Crippen LogP contribution in [0.1, 0.15) is 48.9 Å². The average molecular weight is 398 g/mol. The molecule has 0 spiro atoms. The summed E-state index contributed by atoms with van der Waals surface area (Å²) in [4.78, 5) is 48.4. The largest absolute Gasteiger partial charge is 0.454 e. The molecule has 0 atom stereocenters. The predicted octanol–water partition coefficient (Wildman–Crippen LogP) is 1.82. The highest BCUT2D eigenvalue weighted by atomic mass is 16.5. The quantitative estimate of drug-likeness (QED) is 0.712. The van der Waals surface area contributed by atoms with E-state index in [2.05, 4.69) is 10.6 Å². The monoisotopic (exact) mass is 398 g/mol. The fraction of sp³-hybridized carbons (Fsp3) is 0.545. The summed E-state index contributed by atoms with van der Waals surface area (Å²) in [5.41, 5.74) is 0.0177. The minimum Gasteiger partial charge on any atom is -0.454 e. The second kappa shape index (κ2) is 7.97. The molecule has 0 saturated heterocycles. The average Bonchev–Trinajstić information content (AvgIpc) is 2.70. The molecule has 0 radical (unpaired) electrons. The Labute approximate surface area is 169 Å². The highest BCUT2D eigenvalue weighted by molar-refractivity contribution is 6.05. The first-order valence-electron chi connectivity index (χ1n) is 10.3. The number of imide groups is 1. The van der Waals surface area contributed by atoms with E-state index in [-0.39, 0.29) is 17.9 Å². The fourth-order valence-electron chi connectivity index (χ4n) is 5.75. The SMILES string of the molecule is O=C(COC(=O)CNC(=O)C12CC3CC(CC(C3)C1)C2)NC(=O)c1ccccc1. The number of rotatable bonds is 6. The van der Waals surface area contributed by atoms with Crippen LogP contribution in [0.3, 0.4) is 0 Å². The highest BCUT2D eigenvalue weighted by Gasteiger charge is 2.54. The third-order valence-electron chi connectivity index (χ3n) is 6.57. The third kappa shape index (κ3) is 4.33. The summed E-state index contributed by atoms with van der Waals surface area (Å²) in [6.07, 6.45) is 6.49. The van der Waals surface area contributed by atoms with Crippen LogP contribution in [0.2, 0.25) is 0 Å². The van der Waals surface area contributed by atoms with Gasteiger partial charge in [0.25, 0.3) is 11.8 Å². The minimum atomic E-state index is -0.709. The molecule has 4 aliphatic carbocycles. The van der Waals surface area contributed by atoms with Crippen molar-refractivity contribution in [2.75, 3.05) is 13.2 Å². The van der Waals surface area contributed by atoms with Gasteiger partial charge in [-0.1, -0.05) is 18.2 Å². The lowest BCUT2D eigenvalue weighted by Gasteiger charge is -2.55. The topological polar surface area (TPSA) is 102 Å². The van der Waals surface area contributed by atoms with Crippen LogP contribution in [0.15, 0.2) is 30.3 Å². The smallest absolute Gasteiger partial charge is 0.325 e. The molecule has 0 unspecified atom stereocenters. The van der Waals surface area contributed by atoms with Gasteiger partial charge < -0.3 is 10.1 Å². The molecule has 29 heavy (non-hydrogen) atoms. The Morgan fingerprint density at radius 3 is 2.10 bits per heavy atom. The summed E-state index contributed by atoms with van der Waals surface area (Å²) in [7, 11) is 0. The van der Waals surface area contributed by atoms with E-state index in [1.165, 1.54) is 19.3 Å². The first-order valence-corrected chi connectivity index (χ1v) is 10.3. The van der Waals surface area contributed by atoms with Gasteiger partial charge in [-0.05, 0) is 68.4 Å². The van der Waals surface area contributed by atoms with Crippen molar-refractivity contribution < 1.29 is 23.9 Å². The number of esters is 1. The fourth-order valence-corrected chi connectivity index (χ4v) is 5.75. The lowest BCUT2D eigenvalue weighted by molar-refractivity contribution is -0.152. The molecule has 3 amide bonds. The van der Waals surface area contributed by atoms with Gasteiger partial charge in [0.2, 0.25) is 5.91 Å². The van der Waals surface area contributed by atoms with Crippen molar-refractivity contribution >= 4 is 23.7 Å². The van der Waals surface area contributed by atoms with Crippen LogP contribution < -0.4 is 10.6 Å². The maximum absolute atomic E-state index is 12.8. The molecular formula is C22H26N2O5. The van der Waals surface area contributed by atoms with Gasteiger partial charge in [-0.2, -0.15) is 0 Å². The molecule has 0 aromatic heterocycles. The van der Waals surface area contributed by atoms with Gasteiger partial charge in [0, 0.05) is 11.0 Å². The van der Waals surface area contributed by atoms with Crippen molar-refractivity contribution in [3.8, 4) is 0 Å². The molecule has 154 valence electrons. The normalized spacial score (nSPS) is 29.2. The number of hydrogen-bond acceptors (Lipinski definition) is 5. The van der Waals surface area contributed by atoms with Gasteiger partial charge in [0.05, 0.1) is 0 Å². The Morgan fingerprint density at radius 1 is 0.931 bits per heavy atom. The summed E-state index contributed by atoms with van der Waals surface area (Å²) in [6.45, 7) is -0.828. The van der Waals surface area contributed by atoms with Gasteiger partial charge in [0.1, 0.15) is 6.54 Å². The van der Waals surface area contributed by atoms with Crippen molar-refractivity contribution in [2.45, 2.75) is 38.5 Å². The zero-order valence-corrected chi connectivity index (χ0v) is 16.3. The molecule has 4 aliphatic rings. The van der Waals surface area contributed by atoms with Gasteiger partial charge in [-0.3, -0.25) is 24.5 Å². The first-order chi connectivity index (χ1) is 13.9. The van der Waals surface area contributed by atoms with Crippen molar-refractivity contribution in [1.82, 2.24) is 10.6 Å². The Kier molecular flexibility index (Phi) is 5.39. The Bertz CT molecular complexity index is 784. The predicted molar refractivity (Wildman–Crippen MR) is 103 cm³/mol. The molecule has 7 heteroatoms. The van der Waals surface area contributed by atoms with E-state index < -0.39 is 24.4 Å². The lowest BCUT2D eigenvalue weighted by atomic mass is 9.49.